The molecule has 1 aliphatic rings. The second-order valence-corrected chi connectivity index (χ2v) is 6.80. The topological polar surface area (TPSA) is 89.3 Å². The summed E-state index contributed by atoms with van der Waals surface area (Å²) >= 11 is 0. The first kappa shape index (κ1) is 15.7. The quantitative estimate of drug-likeness (QED) is 0.573. The van der Waals surface area contributed by atoms with Gasteiger partial charge < -0.3 is 10.8 Å². The van der Waals surface area contributed by atoms with Gasteiger partial charge in [0.2, 0.25) is 0 Å². The predicted molar refractivity (Wildman–Crippen MR) is 98.8 cm³/mol. The number of phenols is 1. The fourth-order valence-corrected chi connectivity index (χ4v) is 3.90. The number of nitrogen functional groups attached to an aromatic ring is 1. The molecule has 3 N–H and O–H groups in total. The number of aromatic nitrogens is 4. The molecule has 6 nitrogen and oxygen atoms in total. The first-order valence-electron chi connectivity index (χ1n) is 8.66. The molecule has 0 saturated heterocycles. The number of benzene rings is 2. The van der Waals surface area contributed by atoms with Gasteiger partial charge in [0.05, 0.1) is 0 Å². The molecule has 0 unspecified atom stereocenters. The molecular formula is C20H16FN5O. The minimum absolute atomic E-state index is 0.139. The average Bonchev–Trinajstić information content (AvgIpc) is 3.23. The molecule has 2 aromatic carbocycles. The van der Waals surface area contributed by atoms with Crippen LogP contribution in [0.2, 0.25) is 0 Å². The van der Waals surface area contributed by atoms with Crippen LogP contribution in [0.1, 0.15) is 22.9 Å². The minimum Gasteiger partial charge on any atom is -0.508 e. The molecule has 27 heavy (non-hydrogen) atoms. The normalized spacial score (nSPS) is 14.0. The van der Waals surface area contributed by atoms with E-state index < -0.39 is 5.82 Å². The average molecular weight is 361 g/mol. The summed E-state index contributed by atoms with van der Waals surface area (Å²) < 4.78 is 15.5. The van der Waals surface area contributed by atoms with Crippen molar-refractivity contribution < 1.29 is 9.50 Å². The molecule has 0 amide bonds. The highest BCUT2D eigenvalue weighted by Gasteiger charge is 2.29. The van der Waals surface area contributed by atoms with E-state index in [2.05, 4.69) is 22.2 Å². The number of aromatic hydroxyl groups is 1. The van der Waals surface area contributed by atoms with E-state index in [1.807, 2.05) is 12.1 Å². The Morgan fingerprint density at radius 1 is 1.11 bits per heavy atom. The van der Waals surface area contributed by atoms with Crippen molar-refractivity contribution in [3.63, 3.8) is 0 Å². The first-order chi connectivity index (χ1) is 13.1. The molecule has 0 atom stereocenters. The highest BCUT2D eigenvalue weighted by molar-refractivity contribution is 5.85. The van der Waals surface area contributed by atoms with Gasteiger partial charge in [-0.2, -0.15) is 5.10 Å². The number of hydrogen-bond donors (Lipinski definition) is 2. The zero-order chi connectivity index (χ0) is 18.5. The van der Waals surface area contributed by atoms with E-state index in [1.165, 1.54) is 29.6 Å². The smallest absolute Gasteiger partial charge is 0.153 e. The van der Waals surface area contributed by atoms with Crippen molar-refractivity contribution in [3.05, 3.63) is 71.6 Å². The standard InChI is InChI=1S/C20H16FN5O/c21-15-7-13(8-16(27)9-15)17-18-19(22)23-10-24-26(18)20(25-17)14-5-11-3-1-2-4-12(11)6-14/h1-4,7-10,14,27H,5-6H2,(H2,22,23,24). The molecule has 2 aromatic heterocycles. The number of imidazole rings is 1. The molecule has 5 rings (SSSR count). The van der Waals surface area contributed by atoms with Gasteiger partial charge >= 0.3 is 0 Å². The van der Waals surface area contributed by atoms with Crippen molar-refractivity contribution in [1.82, 2.24) is 19.6 Å². The van der Waals surface area contributed by atoms with E-state index >= 15 is 0 Å². The maximum Gasteiger partial charge on any atom is 0.153 e. The second kappa shape index (κ2) is 5.77. The fourth-order valence-electron chi connectivity index (χ4n) is 3.90. The summed E-state index contributed by atoms with van der Waals surface area (Å²) in [6.45, 7) is 0. The third-order valence-electron chi connectivity index (χ3n) is 5.06. The summed E-state index contributed by atoms with van der Waals surface area (Å²) in [6, 6.07) is 12.2. The minimum atomic E-state index is -0.545. The van der Waals surface area contributed by atoms with E-state index in [0.29, 0.717) is 16.8 Å². The molecule has 0 saturated carbocycles. The zero-order valence-electron chi connectivity index (χ0n) is 14.3. The van der Waals surface area contributed by atoms with E-state index in [-0.39, 0.29) is 17.5 Å². The lowest BCUT2D eigenvalue weighted by Crippen LogP contribution is -2.07. The molecule has 0 aliphatic heterocycles. The number of fused-ring (bicyclic) bond motifs is 2. The Hall–Kier alpha value is -3.48. The highest BCUT2D eigenvalue weighted by Crippen LogP contribution is 2.37. The van der Waals surface area contributed by atoms with Crippen LogP contribution in [-0.4, -0.2) is 24.7 Å². The van der Waals surface area contributed by atoms with E-state index in [0.717, 1.165) is 24.7 Å². The lowest BCUT2D eigenvalue weighted by molar-refractivity contribution is 0.469. The summed E-state index contributed by atoms with van der Waals surface area (Å²) in [5, 5.41) is 14.1. The lowest BCUT2D eigenvalue weighted by Gasteiger charge is -2.07. The van der Waals surface area contributed by atoms with Gasteiger partial charge in [-0.3, -0.25) is 0 Å². The molecule has 0 bridgehead atoms. The Bertz CT molecular complexity index is 1140. The molecule has 7 heteroatoms. The largest absolute Gasteiger partial charge is 0.508 e. The van der Waals surface area contributed by atoms with Gasteiger partial charge in [0.25, 0.3) is 0 Å². The van der Waals surface area contributed by atoms with Crippen molar-refractivity contribution >= 4 is 11.3 Å². The number of halogens is 1. The van der Waals surface area contributed by atoms with Gasteiger partial charge in [0.1, 0.15) is 34.9 Å². The van der Waals surface area contributed by atoms with Crippen molar-refractivity contribution in [1.29, 1.82) is 0 Å². The first-order valence-corrected chi connectivity index (χ1v) is 8.66. The lowest BCUT2D eigenvalue weighted by atomic mass is 10.1. The van der Waals surface area contributed by atoms with Crippen molar-refractivity contribution in [2.45, 2.75) is 18.8 Å². The van der Waals surface area contributed by atoms with Crippen molar-refractivity contribution in [2.75, 3.05) is 5.73 Å². The molecule has 0 radical (unpaired) electrons. The van der Waals surface area contributed by atoms with Gasteiger partial charge in [0, 0.05) is 17.5 Å². The molecule has 2 heterocycles. The Kier molecular flexibility index (Phi) is 3.36. The van der Waals surface area contributed by atoms with Crippen LogP contribution in [0, 0.1) is 5.82 Å². The van der Waals surface area contributed by atoms with Crippen LogP contribution in [0.5, 0.6) is 5.75 Å². The molecule has 0 fully saturated rings. The predicted octanol–water partition coefficient (Wildman–Crippen LogP) is 3.10. The van der Waals surface area contributed by atoms with E-state index in [1.54, 1.807) is 4.52 Å². The number of rotatable bonds is 2. The monoisotopic (exact) mass is 361 g/mol. The van der Waals surface area contributed by atoms with Crippen molar-refractivity contribution in [2.24, 2.45) is 0 Å². The van der Waals surface area contributed by atoms with Gasteiger partial charge in [-0.1, -0.05) is 24.3 Å². The highest BCUT2D eigenvalue weighted by atomic mass is 19.1. The van der Waals surface area contributed by atoms with Gasteiger partial charge in [-0.25, -0.2) is 18.9 Å². The second-order valence-electron chi connectivity index (χ2n) is 6.80. The van der Waals surface area contributed by atoms with Crippen LogP contribution in [0.4, 0.5) is 10.2 Å². The number of phenolic OH excluding ortho intramolecular Hbond substituents is 1. The Balaban J connectivity index is 1.70. The Labute approximate surface area is 154 Å². The molecule has 1 aliphatic carbocycles. The maximum absolute atomic E-state index is 13.8. The number of nitrogens with zero attached hydrogens (tertiary/aromatic N) is 4. The summed E-state index contributed by atoms with van der Waals surface area (Å²) in [7, 11) is 0. The third-order valence-corrected chi connectivity index (χ3v) is 5.06. The molecule has 4 aromatic rings. The Morgan fingerprint density at radius 3 is 2.56 bits per heavy atom. The van der Waals surface area contributed by atoms with E-state index in [4.69, 9.17) is 10.7 Å². The maximum atomic E-state index is 13.8. The van der Waals surface area contributed by atoms with Crippen LogP contribution in [-0.2, 0) is 12.8 Å². The van der Waals surface area contributed by atoms with Crippen LogP contribution in [0.3, 0.4) is 0 Å². The summed E-state index contributed by atoms with van der Waals surface area (Å²) in [4.78, 5) is 8.84. The van der Waals surface area contributed by atoms with Crippen LogP contribution >= 0.6 is 0 Å². The summed E-state index contributed by atoms with van der Waals surface area (Å²) in [5.41, 5.74) is 10.1. The van der Waals surface area contributed by atoms with Gasteiger partial charge in [0.15, 0.2) is 5.82 Å². The summed E-state index contributed by atoms with van der Waals surface area (Å²) in [5.74, 6) is 0.444. The zero-order valence-corrected chi connectivity index (χ0v) is 14.3. The van der Waals surface area contributed by atoms with Crippen LogP contribution in [0.25, 0.3) is 16.8 Å². The van der Waals surface area contributed by atoms with E-state index in [9.17, 15) is 9.50 Å². The third kappa shape index (κ3) is 2.51. The Morgan fingerprint density at radius 2 is 1.85 bits per heavy atom. The number of hydrogen-bond acceptors (Lipinski definition) is 5. The summed E-state index contributed by atoms with van der Waals surface area (Å²) in [6.07, 6.45) is 3.10. The molecule has 0 spiro atoms. The molecule has 134 valence electrons. The van der Waals surface area contributed by atoms with Crippen LogP contribution < -0.4 is 5.73 Å². The van der Waals surface area contributed by atoms with Crippen molar-refractivity contribution in [3.8, 4) is 17.0 Å². The van der Waals surface area contributed by atoms with Crippen LogP contribution in [0.15, 0.2) is 48.8 Å². The number of anilines is 1. The fraction of sp³-hybridized carbons (Fsp3) is 0.150. The van der Waals surface area contributed by atoms with Gasteiger partial charge in [-0.05, 0) is 36.1 Å². The SMILES string of the molecule is Nc1ncnn2c(C3Cc4ccccc4C3)nc(-c3cc(O)cc(F)c3)c12. The van der Waals surface area contributed by atoms with Gasteiger partial charge in [-0.15, -0.1) is 0 Å². The number of nitrogens with two attached hydrogens (primary N) is 1. The molecular weight excluding hydrogens is 345 g/mol.